The number of carbonyl (C=O) groups is 1. The Hall–Kier alpha value is -3.10. The van der Waals surface area contributed by atoms with E-state index in [4.69, 9.17) is 12.2 Å². The molecule has 0 amide bonds. The fraction of sp³-hybridized carbons (Fsp3) is 0.407. The molecule has 2 heterocycles. The normalized spacial score (nSPS) is 19.2. The lowest BCUT2D eigenvalue weighted by molar-refractivity contribution is 0.0973. The van der Waals surface area contributed by atoms with E-state index in [0.29, 0.717) is 5.56 Å². The number of terminal acetylenes is 1. The van der Waals surface area contributed by atoms with Gasteiger partial charge in [0, 0.05) is 36.1 Å². The third kappa shape index (κ3) is 5.77. The third-order valence-electron chi connectivity index (χ3n) is 5.79. The smallest absolute Gasteiger partial charge is 0.182 e. The van der Waals surface area contributed by atoms with Crippen LogP contribution < -0.4 is 5.73 Å². The highest BCUT2D eigenvalue weighted by Crippen LogP contribution is 2.30. The Morgan fingerprint density at radius 3 is 2.69 bits per heavy atom. The predicted molar refractivity (Wildman–Crippen MR) is 134 cm³/mol. The number of rotatable bonds is 5. The number of hydrogen-bond donors (Lipinski definition) is 1. The summed E-state index contributed by atoms with van der Waals surface area (Å²) in [6, 6.07) is 7.76. The van der Waals surface area contributed by atoms with E-state index in [-0.39, 0.29) is 18.4 Å². The van der Waals surface area contributed by atoms with E-state index < -0.39 is 0 Å². The monoisotopic (exact) mass is 432 g/mol. The molecular weight excluding hydrogens is 396 g/mol. The number of piperidine rings is 1. The second kappa shape index (κ2) is 11.5. The zero-order chi connectivity index (χ0) is 23.8. The van der Waals surface area contributed by atoms with E-state index in [2.05, 4.69) is 22.4 Å². The highest BCUT2D eigenvalue weighted by atomic mass is 16.1. The first kappa shape index (κ1) is 25.2. The quantitative estimate of drug-likeness (QED) is 0.543. The summed E-state index contributed by atoms with van der Waals surface area (Å²) in [5.74, 6) is 2.84. The molecule has 0 bridgehead atoms. The van der Waals surface area contributed by atoms with Crippen LogP contribution in [0.25, 0.3) is 0 Å². The fourth-order valence-electron chi connectivity index (χ4n) is 3.92. The van der Waals surface area contributed by atoms with Crippen molar-refractivity contribution in [3.63, 3.8) is 0 Å². The van der Waals surface area contributed by atoms with Crippen molar-refractivity contribution in [1.82, 2.24) is 9.80 Å². The highest BCUT2D eigenvalue weighted by Gasteiger charge is 2.24. The van der Waals surface area contributed by atoms with Crippen LogP contribution in [0, 0.1) is 19.3 Å². The SMILES string of the molecule is C#C/C(C1=C(C)C(=C)N(CC(=O)c2cccc(C)c2)C=N1)=C(/C)N1CCCC(N)C1.CC. The number of nitrogens with two attached hydrogens (primary N) is 1. The second-order valence-electron chi connectivity index (χ2n) is 8.04. The van der Waals surface area contributed by atoms with Crippen LogP contribution in [-0.2, 0) is 0 Å². The number of aryl methyl sites for hydroxylation is 1. The molecule has 1 aromatic carbocycles. The van der Waals surface area contributed by atoms with Crippen molar-refractivity contribution in [3.05, 3.63) is 70.2 Å². The predicted octanol–water partition coefficient (Wildman–Crippen LogP) is 4.67. The van der Waals surface area contributed by atoms with Crippen molar-refractivity contribution < 1.29 is 4.79 Å². The van der Waals surface area contributed by atoms with Gasteiger partial charge in [-0.15, -0.1) is 6.42 Å². The molecule has 0 aromatic heterocycles. The first-order valence-corrected chi connectivity index (χ1v) is 11.3. The van der Waals surface area contributed by atoms with Gasteiger partial charge < -0.3 is 15.5 Å². The van der Waals surface area contributed by atoms with E-state index in [1.165, 1.54) is 0 Å². The van der Waals surface area contributed by atoms with Gasteiger partial charge >= 0.3 is 0 Å². The molecule has 2 aliphatic heterocycles. The lowest BCUT2D eigenvalue weighted by atomic mass is 10.00. The van der Waals surface area contributed by atoms with Gasteiger partial charge in [-0.1, -0.05) is 50.1 Å². The number of aliphatic imine (C=N–C) groups is 1. The van der Waals surface area contributed by atoms with Crippen LogP contribution in [0.1, 0.15) is 56.5 Å². The van der Waals surface area contributed by atoms with Crippen LogP contribution in [0.3, 0.4) is 0 Å². The summed E-state index contributed by atoms with van der Waals surface area (Å²) in [5, 5.41) is 0. The number of benzene rings is 1. The summed E-state index contributed by atoms with van der Waals surface area (Å²) in [4.78, 5) is 21.4. The minimum Gasteiger partial charge on any atom is -0.372 e. The van der Waals surface area contributed by atoms with E-state index in [0.717, 1.165) is 59.7 Å². The van der Waals surface area contributed by atoms with Gasteiger partial charge in [-0.05, 0) is 45.3 Å². The molecule has 1 fully saturated rings. The summed E-state index contributed by atoms with van der Waals surface area (Å²) in [5.41, 5.74) is 12.0. The molecule has 3 rings (SSSR count). The minimum atomic E-state index is 0.0220. The third-order valence-corrected chi connectivity index (χ3v) is 5.79. The highest BCUT2D eigenvalue weighted by molar-refractivity contribution is 5.99. The zero-order valence-electron chi connectivity index (χ0n) is 20.1. The van der Waals surface area contributed by atoms with Crippen molar-refractivity contribution in [2.45, 2.75) is 53.5 Å². The molecule has 1 unspecified atom stereocenters. The molecule has 0 aliphatic carbocycles. The molecule has 1 atom stereocenters. The zero-order valence-corrected chi connectivity index (χ0v) is 20.1. The van der Waals surface area contributed by atoms with Gasteiger partial charge in [-0.2, -0.15) is 0 Å². The Bertz CT molecular complexity index is 993. The van der Waals surface area contributed by atoms with Crippen molar-refractivity contribution in [3.8, 4) is 12.3 Å². The fourth-order valence-corrected chi connectivity index (χ4v) is 3.92. The summed E-state index contributed by atoms with van der Waals surface area (Å²) in [6.07, 6.45) is 9.64. The molecule has 2 aliphatic rings. The Morgan fingerprint density at radius 1 is 1.34 bits per heavy atom. The Morgan fingerprint density at radius 2 is 2.06 bits per heavy atom. The lowest BCUT2D eigenvalue weighted by Crippen LogP contribution is -2.42. The largest absolute Gasteiger partial charge is 0.372 e. The lowest BCUT2D eigenvalue weighted by Gasteiger charge is -2.34. The maximum Gasteiger partial charge on any atom is 0.182 e. The molecule has 0 saturated carbocycles. The average molecular weight is 433 g/mol. The van der Waals surface area contributed by atoms with E-state index in [9.17, 15) is 4.79 Å². The standard InChI is InChI=1S/C25H30N4O.C2H6/c1-6-23(20(5)28-12-8-11-22(26)14-28)25-18(3)19(4)29(16-27-25)15-24(30)21-10-7-9-17(2)13-21;1-2/h1,7,9-10,13,16,22H,4,8,11-12,14-15,26H2,2-3,5H3;1-2H3/b23-20+;. The molecule has 1 saturated heterocycles. The Labute approximate surface area is 193 Å². The summed E-state index contributed by atoms with van der Waals surface area (Å²) in [7, 11) is 0. The van der Waals surface area contributed by atoms with E-state index >= 15 is 0 Å². The topological polar surface area (TPSA) is 61.9 Å². The van der Waals surface area contributed by atoms with Crippen LogP contribution in [0.4, 0.5) is 0 Å². The molecule has 1 aromatic rings. The van der Waals surface area contributed by atoms with E-state index in [1.807, 2.05) is 58.9 Å². The number of ketones is 1. The molecule has 32 heavy (non-hydrogen) atoms. The number of nitrogens with zero attached hydrogens (tertiary/aromatic N) is 3. The number of hydrogen-bond acceptors (Lipinski definition) is 5. The van der Waals surface area contributed by atoms with Crippen LogP contribution in [0.2, 0.25) is 0 Å². The van der Waals surface area contributed by atoms with Crippen LogP contribution >= 0.6 is 0 Å². The minimum absolute atomic E-state index is 0.0220. The number of Topliss-reactive ketones (excluding diaryl/α,β-unsaturated/α-hetero) is 1. The molecule has 0 radical (unpaired) electrons. The van der Waals surface area contributed by atoms with Gasteiger partial charge in [0.05, 0.1) is 24.2 Å². The summed E-state index contributed by atoms with van der Waals surface area (Å²) in [6.45, 7) is 16.1. The summed E-state index contributed by atoms with van der Waals surface area (Å²) >= 11 is 0. The van der Waals surface area contributed by atoms with Crippen molar-refractivity contribution >= 4 is 12.1 Å². The van der Waals surface area contributed by atoms with Gasteiger partial charge in [-0.25, -0.2) is 4.99 Å². The maximum atomic E-state index is 12.7. The van der Waals surface area contributed by atoms with Crippen molar-refractivity contribution in [1.29, 1.82) is 0 Å². The van der Waals surface area contributed by atoms with Gasteiger partial charge in [-0.3, -0.25) is 4.79 Å². The molecule has 5 nitrogen and oxygen atoms in total. The molecule has 5 heteroatoms. The molecular formula is C27H36N4O. The van der Waals surface area contributed by atoms with Gasteiger partial charge in [0.1, 0.15) is 0 Å². The van der Waals surface area contributed by atoms with Crippen molar-refractivity contribution in [2.75, 3.05) is 19.6 Å². The average Bonchev–Trinajstić information content (AvgIpc) is 2.80. The first-order chi connectivity index (χ1) is 15.3. The second-order valence-corrected chi connectivity index (χ2v) is 8.04. The number of likely N-dealkylation sites (tertiary alicyclic amines) is 1. The van der Waals surface area contributed by atoms with Crippen molar-refractivity contribution in [2.24, 2.45) is 10.7 Å². The van der Waals surface area contributed by atoms with Crippen LogP contribution in [0.5, 0.6) is 0 Å². The number of carbonyl (C=O) groups excluding carboxylic acids is 1. The van der Waals surface area contributed by atoms with Gasteiger partial charge in [0.15, 0.2) is 5.78 Å². The van der Waals surface area contributed by atoms with Gasteiger partial charge in [0.25, 0.3) is 0 Å². The van der Waals surface area contributed by atoms with Crippen LogP contribution in [0.15, 0.2) is 64.1 Å². The van der Waals surface area contributed by atoms with Crippen LogP contribution in [-0.4, -0.2) is 47.6 Å². The van der Waals surface area contributed by atoms with Gasteiger partial charge in [0.2, 0.25) is 0 Å². The Kier molecular flexibility index (Phi) is 9.04. The molecule has 170 valence electrons. The Balaban J connectivity index is 0.00000176. The molecule has 2 N–H and O–H groups in total. The maximum absolute atomic E-state index is 12.7. The first-order valence-electron chi connectivity index (χ1n) is 11.3. The van der Waals surface area contributed by atoms with E-state index in [1.54, 1.807) is 11.2 Å². The molecule has 0 spiro atoms. The summed E-state index contributed by atoms with van der Waals surface area (Å²) < 4.78 is 0. The number of allylic oxidation sites excluding steroid dienone is 3.